The molecule has 1 aromatic heterocycles. The fourth-order valence-corrected chi connectivity index (χ4v) is 1.51. The number of nitrogens with two attached hydrogens (primary N) is 1. The van der Waals surface area contributed by atoms with Crippen molar-refractivity contribution in [2.24, 2.45) is 5.73 Å². The fourth-order valence-electron chi connectivity index (χ4n) is 1.51. The second-order valence-electron chi connectivity index (χ2n) is 3.83. The van der Waals surface area contributed by atoms with Crippen LogP contribution in [0.1, 0.15) is 26.5 Å². The molecule has 0 aliphatic heterocycles. The van der Waals surface area contributed by atoms with E-state index in [1.165, 1.54) is 6.26 Å². The minimum absolute atomic E-state index is 0.272. The van der Waals surface area contributed by atoms with Crippen LogP contribution in [0, 0.1) is 6.92 Å². The van der Waals surface area contributed by atoms with Gasteiger partial charge in [-0.25, -0.2) is 0 Å². The van der Waals surface area contributed by atoms with Gasteiger partial charge < -0.3 is 15.5 Å². The van der Waals surface area contributed by atoms with E-state index in [1.807, 2.05) is 0 Å². The molecule has 18 heavy (non-hydrogen) atoms. The topological polar surface area (TPSA) is 85.3 Å². The molecule has 0 radical (unpaired) electrons. The third-order valence-electron chi connectivity index (χ3n) is 2.50. The Balaban J connectivity index is 2.13. The SMILES string of the molecule is Cc1ccoc1C(=O)Nc1ccc(C(N)=O)cc1. The van der Waals surface area contributed by atoms with Gasteiger partial charge in [-0.05, 0) is 37.3 Å². The van der Waals surface area contributed by atoms with E-state index in [0.717, 1.165) is 5.56 Å². The maximum Gasteiger partial charge on any atom is 0.291 e. The summed E-state index contributed by atoms with van der Waals surface area (Å²) in [5.41, 5.74) is 6.85. The average Bonchev–Trinajstić information content (AvgIpc) is 2.76. The highest BCUT2D eigenvalue weighted by Gasteiger charge is 2.12. The molecule has 0 saturated carbocycles. The summed E-state index contributed by atoms with van der Waals surface area (Å²) in [4.78, 5) is 22.7. The lowest BCUT2D eigenvalue weighted by atomic mass is 10.2. The molecule has 0 saturated heterocycles. The molecule has 0 bridgehead atoms. The quantitative estimate of drug-likeness (QED) is 0.865. The first-order valence-electron chi connectivity index (χ1n) is 5.33. The number of rotatable bonds is 3. The number of hydrogen-bond acceptors (Lipinski definition) is 3. The van der Waals surface area contributed by atoms with Crippen LogP contribution < -0.4 is 11.1 Å². The molecular weight excluding hydrogens is 232 g/mol. The van der Waals surface area contributed by atoms with Gasteiger partial charge in [-0.2, -0.15) is 0 Å². The Hall–Kier alpha value is -2.56. The average molecular weight is 244 g/mol. The summed E-state index contributed by atoms with van der Waals surface area (Å²) < 4.78 is 5.07. The molecule has 5 heteroatoms. The van der Waals surface area contributed by atoms with E-state index in [1.54, 1.807) is 37.3 Å². The standard InChI is InChI=1S/C13H12N2O3/c1-8-6-7-18-11(8)13(17)15-10-4-2-9(3-5-10)12(14)16/h2-7H,1H3,(H2,14,16)(H,15,17). The Morgan fingerprint density at radius 3 is 2.33 bits per heavy atom. The van der Waals surface area contributed by atoms with Crippen LogP contribution in [0.2, 0.25) is 0 Å². The van der Waals surface area contributed by atoms with Gasteiger partial charge in [-0.3, -0.25) is 9.59 Å². The van der Waals surface area contributed by atoms with Gasteiger partial charge >= 0.3 is 0 Å². The molecule has 0 fully saturated rings. The highest BCUT2D eigenvalue weighted by Crippen LogP contribution is 2.14. The normalized spacial score (nSPS) is 10.1. The molecule has 2 amide bonds. The van der Waals surface area contributed by atoms with Crippen molar-refractivity contribution in [3.8, 4) is 0 Å². The van der Waals surface area contributed by atoms with E-state index in [4.69, 9.17) is 10.2 Å². The highest BCUT2D eigenvalue weighted by atomic mass is 16.3. The summed E-state index contributed by atoms with van der Waals surface area (Å²) in [6.07, 6.45) is 1.46. The number of nitrogens with one attached hydrogen (secondary N) is 1. The molecule has 1 aromatic carbocycles. The van der Waals surface area contributed by atoms with Crippen molar-refractivity contribution in [2.75, 3.05) is 5.32 Å². The van der Waals surface area contributed by atoms with E-state index in [2.05, 4.69) is 5.32 Å². The Morgan fingerprint density at radius 1 is 1.17 bits per heavy atom. The third-order valence-corrected chi connectivity index (χ3v) is 2.50. The van der Waals surface area contributed by atoms with Gasteiger partial charge in [0.1, 0.15) is 0 Å². The van der Waals surface area contributed by atoms with Crippen molar-refractivity contribution in [3.63, 3.8) is 0 Å². The lowest BCUT2D eigenvalue weighted by Gasteiger charge is -2.04. The zero-order valence-electron chi connectivity index (χ0n) is 9.77. The minimum atomic E-state index is -0.505. The first-order valence-corrected chi connectivity index (χ1v) is 5.33. The summed E-state index contributed by atoms with van der Waals surface area (Å²) in [7, 11) is 0. The summed E-state index contributed by atoms with van der Waals surface area (Å²) in [6, 6.07) is 8.03. The van der Waals surface area contributed by atoms with Gasteiger partial charge in [0.25, 0.3) is 5.91 Å². The van der Waals surface area contributed by atoms with Gasteiger partial charge in [0.15, 0.2) is 5.76 Å². The maximum atomic E-state index is 11.8. The molecule has 92 valence electrons. The molecule has 0 aliphatic carbocycles. The summed E-state index contributed by atoms with van der Waals surface area (Å²) in [6.45, 7) is 1.79. The smallest absolute Gasteiger partial charge is 0.291 e. The number of carbonyl (C=O) groups excluding carboxylic acids is 2. The van der Waals surface area contributed by atoms with Crippen LogP contribution in [-0.2, 0) is 0 Å². The first-order chi connectivity index (χ1) is 8.58. The number of amides is 2. The Labute approximate surface area is 104 Å². The van der Waals surface area contributed by atoms with Crippen molar-refractivity contribution >= 4 is 17.5 Å². The second-order valence-corrected chi connectivity index (χ2v) is 3.83. The van der Waals surface area contributed by atoms with Gasteiger partial charge in [-0.1, -0.05) is 0 Å². The summed E-state index contributed by atoms with van der Waals surface area (Å²) in [5.74, 6) is -0.562. The summed E-state index contributed by atoms with van der Waals surface area (Å²) >= 11 is 0. The number of aryl methyl sites for hydroxylation is 1. The molecule has 0 aliphatic rings. The van der Waals surface area contributed by atoms with Crippen LogP contribution in [0.3, 0.4) is 0 Å². The molecule has 5 nitrogen and oxygen atoms in total. The molecule has 0 atom stereocenters. The number of anilines is 1. The van der Waals surface area contributed by atoms with Crippen LogP contribution in [0.4, 0.5) is 5.69 Å². The summed E-state index contributed by atoms with van der Waals surface area (Å²) in [5, 5.41) is 2.67. The van der Waals surface area contributed by atoms with Crippen LogP contribution >= 0.6 is 0 Å². The molecule has 1 heterocycles. The number of furan rings is 1. The van der Waals surface area contributed by atoms with Crippen LogP contribution in [0.25, 0.3) is 0 Å². The lowest BCUT2D eigenvalue weighted by molar-refractivity contribution is 0.0991. The maximum absolute atomic E-state index is 11.8. The Bertz CT molecular complexity index is 585. The van der Waals surface area contributed by atoms with Crippen molar-refractivity contribution in [1.29, 1.82) is 0 Å². The number of benzene rings is 1. The van der Waals surface area contributed by atoms with Crippen LogP contribution in [-0.4, -0.2) is 11.8 Å². The van der Waals surface area contributed by atoms with Gasteiger partial charge in [0, 0.05) is 16.8 Å². The van der Waals surface area contributed by atoms with E-state index in [0.29, 0.717) is 11.3 Å². The Morgan fingerprint density at radius 2 is 1.83 bits per heavy atom. The zero-order chi connectivity index (χ0) is 13.1. The van der Waals surface area contributed by atoms with Crippen LogP contribution in [0.15, 0.2) is 41.0 Å². The molecule has 2 rings (SSSR count). The molecule has 3 N–H and O–H groups in total. The molecular formula is C13H12N2O3. The molecule has 2 aromatic rings. The number of hydrogen-bond donors (Lipinski definition) is 2. The predicted octanol–water partition coefficient (Wildman–Crippen LogP) is 1.94. The molecule has 0 unspecified atom stereocenters. The number of primary amides is 1. The van der Waals surface area contributed by atoms with Crippen molar-refractivity contribution in [2.45, 2.75) is 6.92 Å². The minimum Gasteiger partial charge on any atom is -0.459 e. The van der Waals surface area contributed by atoms with Gasteiger partial charge in [0.2, 0.25) is 5.91 Å². The van der Waals surface area contributed by atoms with E-state index >= 15 is 0 Å². The zero-order valence-corrected chi connectivity index (χ0v) is 9.77. The molecule has 0 spiro atoms. The van der Waals surface area contributed by atoms with Crippen molar-refractivity contribution < 1.29 is 14.0 Å². The third kappa shape index (κ3) is 2.40. The fraction of sp³-hybridized carbons (Fsp3) is 0.0769. The monoisotopic (exact) mass is 244 g/mol. The van der Waals surface area contributed by atoms with E-state index < -0.39 is 5.91 Å². The van der Waals surface area contributed by atoms with E-state index in [9.17, 15) is 9.59 Å². The van der Waals surface area contributed by atoms with Gasteiger partial charge in [-0.15, -0.1) is 0 Å². The highest BCUT2D eigenvalue weighted by molar-refractivity contribution is 6.03. The van der Waals surface area contributed by atoms with Crippen molar-refractivity contribution in [3.05, 3.63) is 53.5 Å². The van der Waals surface area contributed by atoms with Crippen molar-refractivity contribution in [1.82, 2.24) is 0 Å². The second kappa shape index (κ2) is 4.75. The predicted molar refractivity (Wildman–Crippen MR) is 66.4 cm³/mol. The lowest BCUT2D eigenvalue weighted by Crippen LogP contribution is -2.13. The van der Waals surface area contributed by atoms with E-state index in [-0.39, 0.29) is 11.7 Å². The Kier molecular flexibility index (Phi) is 3.14. The number of carbonyl (C=O) groups is 2. The first kappa shape index (κ1) is 11.9. The van der Waals surface area contributed by atoms with Gasteiger partial charge in [0.05, 0.1) is 6.26 Å². The largest absolute Gasteiger partial charge is 0.459 e. The van der Waals surface area contributed by atoms with Crippen LogP contribution in [0.5, 0.6) is 0 Å².